The van der Waals surface area contributed by atoms with Crippen molar-refractivity contribution in [2.45, 2.75) is 13.0 Å². The molecule has 0 saturated carbocycles. The van der Waals surface area contributed by atoms with Gasteiger partial charge in [-0.25, -0.2) is 4.90 Å². The summed E-state index contributed by atoms with van der Waals surface area (Å²) in [4.78, 5) is 53.7. The Kier molecular flexibility index (Phi) is 5.54. The number of benzene rings is 2. The van der Waals surface area contributed by atoms with E-state index in [1.165, 1.54) is 24.3 Å². The summed E-state index contributed by atoms with van der Waals surface area (Å²) in [5.74, 6) is -2.64. The number of hydrogen-bond donors (Lipinski definition) is 2. The molecule has 2 aromatic carbocycles. The molecule has 0 bridgehead atoms. The van der Waals surface area contributed by atoms with Crippen LogP contribution in [-0.2, 0) is 9.47 Å². The van der Waals surface area contributed by atoms with Gasteiger partial charge in [0.25, 0.3) is 23.6 Å². The second-order valence-corrected chi connectivity index (χ2v) is 7.05. The summed E-state index contributed by atoms with van der Waals surface area (Å²) in [6, 6.07) is 4.57. The number of nitrogens with zero attached hydrogens (tertiary/aromatic N) is 2. The quantitative estimate of drug-likeness (QED) is 0.350. The standard InChI is InChI=1S/C21H20N2O8/c1-2-30-10-31-9-22-18(26)12-3-5-14-17-15(6-4-13(16(12)17)19(22)27)21(29)23(20(14)28)11(7-24)8-25/h3-6,11,24-25H,2,7-10H2,1H3. The molecule has 4 amide bonds. The topological polar surface area (TPSA) is 134 Å². The van der Waals surface area contributed by atoms with Crippen LogP contribution >= 0.6 is 0 Å². The smallest absolute Gasteiger partial charge is 0.263 e. The monoisotopic (exact) mass is 428 g/mol. The predicted molar refractivity (Wildman–Crippen MR) is 105 cm³/mol. The highest BCUT2D eigenvalue weighted by Gasteiger charge is 2.41. The molecule has 0 aliphatic carbocycles. The zero-order valence-electron chi connectivity index (χ0n) is 16.7. The largest absolute Gasteiger partial charge is 0.394 e. The van der Waals surface area contributed by atoms with Crippen LogP contribution in [0, 0.1) is 0 Å². The Bertz CT molecular complexity index is 1040. The number of ether oxygens (including phenoxy) is 2. The van der Waals surface area contributed by atoms with E-state index in [0.717, 1.165) is 9.80 Å². The Balaban J connectivity index is 1.82. The molecule has 0 unspecified atom stereocenters. The fourth-order valence-corrected chi connectivity index (χ4v) is 3.88. The van der Waals surface area contributed by atoms with Gasteiger partial charge in [-0.15, -0.1) is 0 Å². The maximum Gasteiger partial charge on any atom is 0.263 e. The van der Waals surface area contributed by atoms with Crippen molar-refractivity contribution in [2.75, 3.05) is 33.3 Å². The average molecular weight is 428 g/mol. The average Bonchev–Trinajstić information content (AvgIpc) is 2.78. The summed E-state index contributed by atoms with van der Waals surface area (Å²) >= 11 is 0. The summed E-state index contributed by atoms with van der Waals surface area (Å²) < 4.78 is 10.3. The molecule has 0 radical (unpaired) electrons. The second kappa shape index (κ2) is 8.16. The lowest BCUT2D eigenvalue weighted by Gasteiger charge is -2.34. The number of amides is 4. The molecular weight excluding hydrogens is 408 g/mol. The summed E-state index contributed by atoms with van der Waals surface area (Å²) in [5.41, 5.74) is 0.572. The van der Waals surface area contributed by atoms with Gasteiger partial charge in [0.2, 0.25) is 0 Å². The van der Waals surface area contributed by atoms with Crippen molar-refractivity contribution < 1.29 is 38.9 Å². The first kappa shape index (κ1) is 21.1. The number of imide groups is 2. The normalized spacial score (nSPS) is 15.6. The Hall–Kier alpha value is -3.18. The molecular formula is C21H20N2O8. The lowest BCUT2D eigenvalue weighted by molar-refractivity contribution is -0.0738. The molecule has 2 aliphatic heterocycles. The number of carbonyl (C=O) groups excluding carboxylic acids is 4. The SMILES string of the molecule is CCOCOCN1C(=O)c2ccc3c4c(ccc(c24)C1=O)C(=O)N(C(CO)CO)C3=O. The van der Waals surface area contributed by atoms with E-state index in [1.807, 2.05) is 0 Å². The van der Waals surface area contributed by atoms with E-state index >= 15 is 0 Å². The first-order valence-corrected chi connectivity index (χ1v) is 9.67. The Morgan fingerprint density at radius 1 is 0.774 bits per heavy atom. The van der Waals surface area contributed by atoms with Gasteiger partial charge in [-0.1, -0.05) is 0 Å². The van der Waals surface area contributed by atoms with Crippen LogP contribution in [0.15, 0.2) is 24.3 Å². The summed E-state index contributed by atoms with van der Waals surface area (Å²) in [6.07, 6.45) is 0. The van der Waals surface area contributed by atoms with Crippen LogP contribution in [-0.4, -0.2) is 83.0 Å². The molecule has 10 nitrogen and oxygen atoms in total. The molecule has 2 N–H and O–H groups in total. The minimum Gasteiger partial charge on any atom is -0.394 e. The third-order valence-corrected chi connectivity index (χ3v) is 5.39. The highest BCUT2D eigenvalue weighted by atomic mass is 16.7. The molecule has 0 aromatic heterocycles. The fourth-order valence-electron chi connectivity index (χ4n) is 3.88. The van der Waals surface area contributed by atoms with Crippen LogP contribution in [0.2, 0.25) is 0 Å². The number of rotatable bonds is 8. The first-order valence-electron chi connectivity index (χ1n) is 9.67. The van der Waals surface area contributed by atoms with Gasteiger partial charge in [0.05, 0.1) is 19.3 Å². The zero-order chi connectivity index (χ0) is 22.3. The van der Waals surface area contributed by atoms with Crippen LogP contribution < -0.4 is 0 Å². The van der Waals surface area contributed by atoms with Crippen LogP contribution in [0.4, 0.5) is 0 Å². The number of hydrogen-bond acceptors (Lipinski definition) is 8. The molecule has 0 spiro atoms. The van der Waals surface area contributed by atoms with Gasteiger partial charge in [0.15, 0.2) is 0 Å². The summed E-state index contributed by atoms with van der Waals surface area (Å²) in [7, 11) is 0. The van der Waals surface area contributed by atoms with Crippen molar-refractivity contribution >= 4 is 34.4 Å². The van der Waals surface area contributed by atoms with E-state index in [4.69, 9.17) is 9.47 Å². The molecule has 162 valence electrons. The molecule has 2 heterocycles. The molecule has 2 aromatic rings. The van der Waals surface area contributed by atoms with Crippen molar-refractivity contribution in [3.63, 3.8) is 0 Å². The Labute approximate surface area is 176 Å². The van der Waals surface area contributed by atoms with Gasteiger partial charge in [0, 0.05) is 39.6 Å². The number of aliphatic hydroxyl groups is 2. The van der Waals surface area contributed by atoms with Crippen molar-refractivity contribution in [2.24, 2.45) is 0 Å². The molecule has 31 heavy (non-hydrogen) atoms. The van der Waals surface area contributed by atoms with Crippen LogP contribution in [0.25, 0.3) is 10.8 Å². The maximum atomic E-state index is 13.0. The lowest BCUT2D eigenvalue weighted by atomic mass is 9.85. The van der Waals surface area contributed by atoms with Gasteiger partial charge in [-0.05, 0) is 31.2 Å². The van der Waals surface area contributed by atoms with Crippen LogP contribution in [0.1, 0.15) is 48.4 Å². The van der Waals surface area contributed by atoms with Gasteiger partial charge >= 0.3 is 0 Å². The first-order chi connectivity index (χ1) is 15.0. The Morgan fingerprint density at radius 2 is 1.23 bits per heavy atom. The van der Waals surface area contributed by atoms with Crippen molar-refractivity contribution in [1.82, 2.24) is 9.80 Å². The van der Waals surface area contributed by atoms with Gasteiger partial charge in [-0.2, -0.15) is 0 Å². The lowest BCUT2D eigenvalue weighted by Crippen LogP contribution is -2.50. The van der Waals surface area contributed by atoms with E-state index in [-0.39, 0.29) is 46.6 Å². The highest BCUT2D eigenvalue weighted by molar-refractivity contribution is 6.33. The second-order valence-electron chi connectivity index (χ2n) is 7.05. The van der Waals surface area contributed by atoms with Crippen molar-refractivity contribution in [1.29, 1.82) is 0 Å². The maximum absolute atomic E-state index is 13.0. The number of carbonyl (C=O) groups is 4. The fraction of sp³-hybridized carbons (Fsp3) is 0.333. The number of aliphatic hydroxyl groups excluding tert-OH is 2. The van der Waals surface area contributed by atoms with E-state index in [9.17, 15) is 29.4 Å². The zero-order valence-corrected chi connectivity index (χ0v) is 16.7. The minimum absolute atomic E-state index is 0.0799. The van der Waals surface area contributed by atoms with E-state index in [0.29, 0.717) is 6.61 Å². The third-order valence-electron chi connectivity index (χ3n) is 5.39. The molecule has 0 saturated heterocycles. The van der Waals surface area contributed by atoms with Gasteiger partial charge < -0.3 is 19.7 Å². The summed E-state index contributed by atoms with van der Waals surface area (Å²) in [5, 5.41) is 19.4. The highest BCUT2D eigenvalue weighted by Crippen LogP contribution is 2.38. The van der Waals surface area contributed by atoms with E-state index < -0.39 is 42.9 Å². The predicted octanol–water partition coefficient (Wildman–Crippen LogP) is 0.353. The van der Waals surface area contributed by atoms with E-state index in [2.05, 4.69) is 0 Å². The van der Waals surface area contributed by atoms with Crippen LogP contribution in [0.3, 0.4) is 0 Å². The molecule has 4 rings (SSSR count). The van der Waals surface area contributed by atoms with Crippen LogP contribution in [0.5, 0.6) is 0 Å². The minimum atomic E-state index is -1.10. The third kappa shape index (κ3) is 3.12. The van der Waals surface area contributed by atoms with Crippen molar-refractivity contribution in [3.05, 3.63) is 46.5 Å². The van der Waals surface area contributed by atoms with Gasteiger partial charge in [-0.3, -0.25) is 24.1 Å². The molecule has 0 atom stereocenters. The van der Waals surface area contributed by atoms with Crippen molar-refractivity contribution in [3.8, 4) is 0 Å². The molecule has 2 aliphatic rings. The molecule has 0 fully saturated rings. The summed E-state index contributed by atoms with van der Waals surface area (Å²) in [6.45, 7) is 0.615. The van der Waals surface area contributed by atoms with E-state index in [1.54, 1.807) is 6.92 Å². The Morgan fingerprint density at radius 3 is 1.65 bits per heavy atom. The van der Waals surface area contributed by atoms with Gasteiger partial charge in [0.1, 0.15) is 13.5 Å². The molecule has 10 heteroatoms.